The minimum atomic E-state index is -4.55. The zero-order chi connectivity index (χ0) is 23.0. The monoisotopic (exact) mass is 443 g/mol. The first-order valence-electron chi connectivity index (χ1n) is 9.34. The number of anilines is 2. The Morgan fingerprint density at radius 3 is 2.53 bits per heavy atom. The quantitative estimate of drug-likeness (QED) is 0.564. The number of benzene rings is 2. The van der Waals surface area contributed by atoms with Gasteiger partial charge in [-0.1, -0.05) is 18.2 Å². The lowest BCUT2D eigenvalue weighted by Crippen LogP contribution is -2.31. The second kappa shape index (κ2) is 7.84. The number of nitrogens with zero attached hydrogens (tertiary/aromatic N) is 3. The maximum atomic E-state index is 13.2. The molecule has 1 aliphatic heterocycles. The molecule has 3 N–H and O–H groups in total. The average Bonchev–Trinajstić information content (AvgIpc) is 3.20. The van der Waals surface area contributed by atoms with E-state index in [0.717, 1.165) is 12.1 Å². The molecule has 8 nitrogen and oxygen atoms in total. The van der Waals surface area contributed by atoms with E-state index in [-0.39, 0.29) is 16.8 Å². The van der Waals surface area contributed by atoms with Crippen molar-refractivity contribution in [3.05, 3.63) is 82.8 Å². The third kappa shape index (κ3) is 3.92. The summed E-state index contributed by atoms with van der Waals surface area (Å²) in [6.45, 7) is 1.64. The number of rotatable bonds is 4. The molecule has 32 heavy (non-hydrogen) atoms. The molecule has 0 radical (unpaired) electrons. The molecular weight excluding hydrogens is 427 g/mol. The van der Waals surface area contributed by atoms with Gasteiger partial charge in [-0.25, -0.2) is 9.48 Å². The first-order valence-corrected chi connectivity index (χ1v) is 9.34. The highest BCUT2D eigenvalue weighted by atomic mass is 19.4. The Bertz CT molecular complexity index is 1230. The number of carbonyl (C=O) groups excluding carboxylic acids is 1. The number of hydrogen-bond donors (Lipinski definition) is 3. The summed E-state index contributed by atoms with van der Waals surface area (Å²) in [5.41, 5.74) is 0.344. The highest BCUT2D eigenvalue weighted by Crippen LogP contribution is 2.36. The minimum absolute atomic E-state index is 0.0190. The Balaban J connectivity index is 1.72. The number of fused-ring (bicyclic) bond motifs is 1. The van der Waals surface area contributed by atoms with Gasteiger partial charge in [0.2, 0.25) is 5.95 Å². The van der Waals surface area contributed by atoms with Crippen molar-refractivity contribution >= 4 is 23.5 Å². The lowest BCUT2D eigenvalue weighted by atomic mass is 9.94. The third-order valence-corrected chi connectivity index (χ3v) is 4.96. The van der Waals surface area contributed by atoms with Crippen molar-refractivity contribution in [2.24, 2.45) is 0 Å². The third-order valence-electron chi connectivity index (χ3n) is 4.96. The Kier molecular flexibility index (Phi) is 5.17. The number of amides is 1. The summed E-state index contributed by atoms with van der Waals surface area (Å²) in [5, 5.41) is 18.8. The second-order valence-electron chi connectivity index (χ2n) is 7.05. The van der Waals surface area contributed by atoms with Crippen LogP contribution < -0.4 is 10.6 Å². The van der Waals surface area contributed by atoms with Gasteiger partial charge in [-0.2, -0.15) is 23.3 Å². The van der Waals surface area contributed by atoms with Crippen molar-refractivity contribution in [2.75, 3.05) is 10.6 Å². The summed E-state index contributed by atoms with van der Waals surface area (Å²) in [6.07, 6.45) is -3.26. The van der Waals surface area contributed by atoms with Crippen LogP contribution >= 0.6 is 0 Å². The van der Waals surface area contributed by atoms with Gasteiger partial charge >= 0.3 is 12.1 Å². The molecule has 0 unspecified atom stereocenters. The molecule has 0 saturated carbocycles. The molecule has 0 aliphatic carbocycles. The maximum absolute atomic E-state index is 13.2. The van der Waals surface area contributed by atoms with Gasteiger partial charge in [-0.15, -0.1) is 0 Å². The molecule has 3 aromatic rings. The topological polar surface area (TPSA) is 109 Å². The zero-order valence-corrected chi connectivity index (χ0v) is 16.5. The zero-order valence-electron chi connectivity index (χ0n) is 16.5. The fraction of sp³-hybridized carbons (Fsp3) is 0.143. The van der Waals surface area contributed by atoms with Crippen molar-refractivity contribution < 1.29 is 27.9 Å². The predicted octanol–water partition coefficient (Wildman–Crippen LogP) is 3.92. The molecular formula is C21H16F3N5O3. The number of nitrogens with one attached hydrogen (secondary N) is 2. The van der Waals surface area contributed by atoms with E-state index in [1.54, 1.807) is 19.1 Å². The number of aromatic nitrogens is 3. The molecule has 4 rings (SSSR count). The number of alkyl halides is 3. The van der Waals surface area contributed by atoms with Crippen LogP contribution in [0.2, 0.25) is 0 Å². The highest BCUT2D eigenvalue weighted by molar-refractivity contribution is 6.06. The molecule has 1 aliphatic rings. The van der Waals surface area contributed by atoms with Gasteiger partial charge in [0.1, 0.15) is 12.4 Å². The number of carbonyl (C=O) groups is 2. The molecule has 164 valence electrons. The Morgan fingerprint density at radius 1 is 1.16 bits per heavy atom. The van der Waals surface area contributed by atoms with Crippen molar-refractivity contribution in [3.63, 3.8) is 0 Å². The summed E-state index contributed by atoms with van der Waals surface area (Å²) < 4.78 is 40.5. The number of hydrogen-bond acceptors (Lipinski definition) is 5. The lowest BCUT2D eigenvalue weighted by molar-refractivity contribution is -0.137. The van der Waals surface area contributed by atoms with Crippen LogP contribution in [0.25, 0.3) is 0 Å². The minimum Gasteiger partial charge on any atom is -0.478 e. The van der Waals surface area contributed by atoms with Crippen LogP contribution in [-0.2, 0) is 11.0 Å². The van der Waals surface area contributed by atoms with Gasteiger partial charge in [-0.05, 0) is 42.8 Å². The first kappa shape index (κ1) is 21.1. The van der Waals surface area contributed by atoms with Crippen LogP contribution in [0.1, 0.15) is 34.5 Å². The van der Waals surface area contributed by atoms with Gasteiger partial charge in [0, 0.05) is 11.4 Å². The second-order valence-corrected chi connectivity index (χ2v) is 7.05. The van der Waals surface area contributed by atoms with Gasteiger partial charge in [-0.3, -0.25) is 4.79 Å². The molecule has 2 heterocycles. The van der Waals surface area contributed by atoms with E-state index in [9.17, 15) is 22.8 Å². The average molecular weight is 443 g/mol. The van der Waals surface area contributed by atoms with Crippen LogP contribution in [0.15, 0.2) is 66.1 Å². The van der Waals surface area contributed by atoms with Crippen molar-refractivity contribution in [1.29, 1.82) is 0 Å². The van der Waals surface area contributed by atoms with Gasteiger partial charge in [0.25, 0.3) is 5.91 Å². The van der Waals surface area contributed by atoms with Crippen LogP contribution in [0, 0.1) is 0 Å². The lowest BCUT2D eigenvalue weighted by Gasteiger charge is -2.28. The largest absolute Gasteiger partial charge is 0.478 e. The summed E-state index contributed by atoms with van der Waals surface area (Å²) in [4.78, 5) is 28.5. The molecule has 1 aromatic heterocycles. The standard InChI is InChI=1S/C21H16F3N5O3/c1-11-16(18(30)28-15-4-2-3-14(9-15)21(22,23)24)17(29-20(27-11)25-10-26-29)12-5-7-13(8-6-12)19(31)32/h2-10,17H,1H3,(H,28,30)(H,31,32)(H,25,26,27)/t17-/m0/s1. The molecule has 0 saturated heterocycles. The van der Waals surface area contributed by atoms with E-state index in [1.165, 1.54) is 35.3 Å². The normalized spacial score (nSPS) is 15.7. The van der Waals surface area contributed by atoms with E-state index >= 15 is 0 Å². The molecule has 2 aromatic carbocycles. The van der Waals surface area contributed by atoms with E-state index in [1.807, 2.05) is 0 Å². The molecule has 0 spiro atoms. The van der Waals surface area contributed by atoms with E-state index in [2.05, 4.69) is 20.7 Å². The fourth-order valence-electron chi connectivity index (χ4n) is 3.47. The molecule has 1 amide bonds. The van der Waals surface area contributed by atoms with Crippen molar-refractivity contribution in [3.8, 4) is 0 Å². The van der Waals surface area contributed by atoms with Crippen molar-refractivity contribution in [1.82, 2.24) is 14.8 Å². The van der Waals surface area contributed by atoms with Crippen LogP contribution in [0.3, 0.4) is 0 Å². The van der Waals surface area contributed by atoms with Crippen LogP contribution in [-0.4, -0.2) is 31.7 Å². The predicted molar refractivity (Wildman–Crippen MR) is 108 cm³/mol. The number of halogens is 3. The Labute approximate surface area is 179 Å². The molecule has 11 heteroatoms. The summed E-state index contributed by atoms with van der Waals surface area (Å²) in [6, 6.07) is 9.45. The Morgan fingerprint density at radius 2 is 1.88 bits per heavy atom. The van der Waals surface area contributed by atoms with Gasteiger partial charge < -0.3 is 15.7 Å². The number of aromatic carboxylic acids is 1. The van der Waals surface area contributed by atoms with Crippen molar-refractivity contribution in [2.45, 2.75) is 19.1 Å². The fourth-order valence-corrected chi connectivity index (χ4v) is 3.47. The number of carboxylic acids is 1. The Hall–Kier alpha value is -4.15. The van der Waals surface area contributed by atoms with Gasteiger partial charge in [0.05, 0.1) is 16.7 Å². The van der Waals surface area contributed by atoms with Gasteiger partial charge in [0.15, 0.2) is 0 Å². The van der Waals surface area contributed by atoms with E-state index in [0.29, 0.717) is 17.2 Å². The maximum Gasteiger partial charge on any atom is 0.416 e. The molecule has 0 bridgehead atoms. The van der Waals surface area contributed by atoms with E-state index < -0.39 is 29.7 Å². The summed E-state index contributed by atoms with van der Waals surface area (Å²) in [5.74, 6) is -1.37. The highest BCUT2D eigenvalue weighted by Gasteiger charge is 2.34. The summed E-state index contributed by atoms with van der Waals surface area (Å²) >= 11 is 0. The number of carboxylic acid groups (broad SMARTS) is 1. The molecule has 0 fully saturated rings. The SMILES string of the molecule is CC1=C(C(=O)Nc2cccc(C(F)(F)F)c2)[C@H](c2ccc(C(=O)O)cc2)n2ncnc2N1. The number of allylic oxidation sites excluding steroid dienone is 1. The smallest absolute Gasteiger partial charge is 0.416 e. The molecule has 1 atom stereocenters. The first-order chi connectivity index (χ1) is 15.1. The van der Waals surface area contributed by atoms with Crippen LogP contribution in [0.4, 0.5) is 24.8 Å². The van der Waals surface area contributed by atoms with Crippen LogP contribution in [0.5, 0.6) is 0 Å². The van der Waals surface area contributed by atoms with E-state index in [4.69, 9.17) is 5.11 Å². The summed E-state index contributed by atoms with van der Waals surface area (Å²) in [7, 11) is 0.